The van der Waals surface area contributed by atoms with Gasteiger partial charge in [-0.2, -0.15) is 0 Å². The highest BCUT2D eigenvalue weighted by Gasteiger charge is 2.28. The Morgan fingerprint density at radius 2 is 2.20 bits per heavy atom. The van der Waals surface area contributed by atoms with Gasteiger partial charge >= 0.3 is 0 Å². The molecule has 1 aromatic heterocycles. The van der Waals surface area contributed by atoms with E-state index in [1.54, 1.807) is 6.20 Å². The van der Waals surface area contributed by atoms with Crippen molar-refractivity contribution in [2.75, 3.05) is 11.9 Å². The zero-order valence-corrected chi connectivity index (χ0v) is 12.6. The third kappa shape index (κ3) is 2.74. The summed E-state index contributed by atoms with van der Waals surface area (Å²) in [6.07, 6.45) is 3.79. The van der Waals surface area contributed by atoms with Crippen LogP contribution in [0.1, 0.15) is 26.7 Å². The third-order valence-electron chi connectivity index (χ3n) is 3.78. The van der Waals surface area contributed by atoms with Crippen LogP contribution in [0.4, 0.5) is 5.69 Å². The molecule has 1 aliphatic rings. The Bertz CT molecular complexity index is 627. The van der Waals surface area contributed by atoms with Crippen LogP contribution in [0.3, 0.4) is 0 Å². The summed E-state index contributed by atoms with van der Waals surface area (Å²) >= 11 is 6.21. The highest BCUT2D eigenvalue weighted by Crippen LogP contribution is 2.31. The van der Waals surface area contributed by atoms with Gasteiger partial charge in [0.05, 0.1) is 16.1 Å². The van der Waals surface area contributed by atoms with Crippen molar-refractivity contribution < 1.29 is 4.74 Å². The second-order valence-electron chi connectivity index (χ2n) is 5.94. The molecule has 4 heteroatoms. The first-order valence-corrected chi connectivity index (χ1v) is 7.37. The summed E-state index contributed by atoms with van der Waals surface area (Å²) < 4.78 is 5.77. The molecule has 1 unspecified atom stereocenters. The van der Waals surface area contributed by atoms with Gasteiger partial charge < -0.3 is 10.1 Å². The van der Waals surface area contributed by atoms with Gasteiger partial charge in [0.2, 0.25) is 0 Å². The first-order chi connectivity index (χ1) is 9.55. The van der Waals surface area contributed by atoms with Crippen molar-refractivity contribution >= 4 is 28.2 Å². The van der Waals surface area contributed by atoms with Crippen LogP contribution in [0.2, 0.25) is 5.02 Å². The Labute approximate surface area is 124 Å². The lowest BCUT2D eigenvalue weighted by molar-refractivity contribution is -0.0553. The summed E-state index contributed by atoms with van der Waals surface area (Å²) in [7, 11) is 0. The van der Waals surface area contributed by atoms with E-state index < -0.39 is 0 Å². The van der Waals surface area contributed by atoms with Crippen molar-refractivity contribution in [1.82, 2.24) is 4.98 Å². The van der Waals surface area contributed by atoms with E-state index in [0.717, 1.165) is 36.0 Å². The SMILES string of the molecule is CC1(C)CC(Nc2ccc(Cl)c3ncccc23)CCO1. The van der Waals surface area contributed by atoms with Crippen molar-refractivity contribution in [3.63, 3.8) is 0 Å². The third-order valence-corrected chi connectivity index (χ3v) is 4.08. The summed E-state index contributed by atoms with van der Waals surface area (Å²) in [6.45, 7) is 5.08. The molecule has 1 saturated heterocycles. The van der Waals surface area contributed by atoms with E-state index in [0.29, 0.717) is 11.1 Å². The molecule has 2 heterocycles. The van der Waals surface area contributed by atoms with E-state index in [1.807, 2.05) is 18.2 Å². The summed E-state index contributed by atoms with van der Waals surface area (Å²) in [5.41, 5.74) is 1.89. The summed E-state index contributed by atoms with van der Waals surface area (Å²) in [4.78, 5) is 4.37. The average Bonchev–Trinajstić information content (AvgIpc) is 2.41. The quantitative estimate of drug-likeness (QED) is 0.897. The van der Waals surface area contributed by atoms with E-state index in [9.17, 15) is 0 Å². The monoisotopic (exact) mass is 290 g/mol. The minimum Gasteiger partial charge on any atom is -0.382 e. The van der Waals surface area contributed by atoms with Gasteiger partial charge in [0, 0.05) is 29.9 Å². The number of benzene rings is 1. The predicted octanol–water partition coefficient (Wildman–Crippen LogP) is 4.26. The molecule has 1 fully saturated rings. The maximum absolute atomic E-state index is 6.21. The molecule has 1 aromatic carbocycles. The molecule has 106 valence electrons. The molecule has 0 amide bonds. The average molecular weight is 291 g/mol. The van der Waals surface area contributed by atoms with Crippen LogP contribution in [0, 0.1) is 0 Å². The normalized spacial score (nSPS) is 21.9. The molecule has 1 N–H and O–H groups in total. The molecule has 1 atom stereocenters. The zero-order chi connectivity index (χ0) is 14.2. The molecule has 20 heavy (non-hydrogen) atoms. The van der Waals surface area contributed by atoms with Gasteiger partial charge in [0.15, 0.2) is 0 Å². The number of aromatic nitrogens is 1. The van der Waals surface area contributed by atoms with Crippen LogP contribution in [0.25, 0.3) is 10.9 Å². The van der Waals surface area contributed by atoms with Crippen molar-refractivity contribution in [2.24, 2.45) is 0 Å². The molecule has 3 nitrogen and oxygen atoms in total. The Kier molecular flexibility index (Phi) is 3.57. The Morgan fingerprint density at radius 3 is 3.00 bits per heavy atom. The molecule has 2 aromatic rings. The summed E-state index contributed by atoms with van der Waals surface area (Å²) in [5.74, 6) is 0. The number of pyridine rings is 1. The minimum atomic E-state index is -0.0591. The van der Waals surface area contributed by atoms with E-state index >= 15 is 0 Å². The Hall–Kier alpha value is -1.32. The maximum Gasteiger partial charge on any atom is 0.0908 e. The van der Waals surface area contributed by atoms with Gasteiger partial charge in [0.25, 0.3) is 0 Å². The highest BCUT2D eigenvalue weighted by atomic mass is 35.5. The van der Waals surface area contributed by atoms with E-state index in [1.165, 1.54) is 0 Å². The van der Waals surface area contributed by atoms with E-state index in [2.05, 4.69) is 30.2 Å². The van der Waals surface area contributed by atoms with Gasteiger partial charge in [-0.1, -0.05) is 11.6 Å². The van der Waals surface area contributed by atoms with Crippen LogP contribution < -0.4 is 5.32 Å². The van der Waals surface area contributed by atoms with Crippen LogP contribution in [-0.2, 0) is 4.74 Å². The second kappa shape index (κ2) is 5.23. The van der Waals surface area contributed by atoms with Gasteiger partial charge in [0.1, 0.15) is 0 Å². The first-order valence-electron chi connectivity index (χ1n) is 6.99. The largest absolute Gasteiger partial charge is 0.382 e. The van der Waals surface area contributed by atoms with Gasteiger partial charge in [-0.25, -0.2) is 0 Å². The lowest BCUT2D eigenvalue weighted by Gasteiger charge is -2.36. The zero-order valence-electron chi connectivity index (χ0n) is 11.8. The molecule has 0 bridgehead atoms. The number of halogens is 1. The van der Waals surface area contributed by atoms with Gasteiger partial charge in [-0.15, -0.1) is 0 Å². The predicted molar refractivity (Wildman–Crippen MR) is 83.4 cm³/mol. The lowest BCUT2D eigenvalue weighted by atomic mass is 9.93. The fourth-order valence-corrected chi connectivity index (χ4v) is 3.05. The van der Waals surface area contributed by atoms with Crippen LogP contribution in [-0.4, -0.2) is 23.2 Å². The fraction of sp³-hybridized carbons (Fsp3) is 0.438. The number of ether oxygens (including phenoxy) is 1. The lowest BCUT2D eigenvalue weighted by Crippen LogP contribution is -2.40. The Balaban J connectivity index is 1.90. The van der Waals surface area contributed by atoms with Crippen LogP contribution in [0.5, 0.6) is 0 Å². The van der Waals surface area contributed by atoms with Crippen molar-refractivity contribution in [3.8, 4) is 0 Å². The highest BCUT2D eigenvalue weighted by molar-refractivity contribution is 6.35. The van der Waals surface area contributed by atoms with Gasteiger partial charge in [-0.3, -0.25) is 4.98 Å². The number of nitrogens with one attached hydrogen (secondary N) is 1. The maximum atomic E-state index is 6.21. The Morgan fingerprint density at radius 1 is 1.35 bits per heavy atom. The van der Waals surface area contributed by atoms with Crippen LogP contribution in [0.15, 0.2) is 30.5 Å². The molecular weight excluding hydrogens is 272 g/mol. The van der Waals surface area contributed by atoms with E-state index in [4.69, 9.17) is 16.3 Å². The van der Waals surface area contributed by atoms with E-state index in [-0.39, 0.29) is 5.60 Å². The molecule has 3 rings (SSSR count). The number of anilines is 1. The number of hydrogen-bond donors (Lipinski definition) is 1. The minimum absolute atomic E-state index is 0.0591. The smallest absolute Gasteiger partial charge is 0.0908 e. The number of nitrogens with zero attached hydrogens (tertiary/aromatic N) is 1. The topological polar surface area (TPSA) is 34.2 Å². The van der Waals surface area contributed by atoms with Crippen molar-refractivity contribution in [3.05, 3.63) is 35.5 Å². The molecule has 1 aliphatic heterocycles. The van der Waals surface area contributed by atoms with Crippen molar-refractivity contribution in [1.29, 1.82) is 0 Å². The molecule has 0 radical (unpaired) electrons. The standard InChI is InChI=1S/C16H19ClN2O/c1-16(2)10-11(7-9-20-16)19-14-6-5-13(17)15-12(14)4-3-8-18-15/h3-6,8,11,19H,7,9-10H2,1-2H3. The van der Waals surface area contributed by atoms with Gasteiger partial charge in [-0.05, 0) is 51.0 Å². The summed E-state index contributed by atoms with van der Waals surface area (Å²) in [5, 5.41) is 5.39. The van der Waals surface area contributed by atoms with Crippen LogP contribution >= 0.6 is 11.6 Å². The fourth-order valence-electron chi connectivity index (χ4n) is 2.84. The number of rotatable bonds is 2. The second-order valence-corrected chi connectivity index (χ2v) is 6.34. The molecular formula is C16H19ClN2O. The molecule has 0 aliphatic carbocycles. The molecule has 0 saturated carbocycles. The van der Waals surface area contributed by atoms with Crippen molar-refractivity contribution in [2.45, 2.75) is 38.3 Å². The first kappa shape index (κ1) is 13.7. The summed E-state index contributed by atoms with van der Waals surface area (Å²) in [6, 6.07) is 8.36. The molecule has 0 spiro atoms. The number of hydrogen-bond acceptors (Lipinski definition) is 3. The number of fused-ring (bicyclic) bond motifs is 1.